The van der Waals surface area contributed by atoms with Gasteiger partial charge in [0, 0.05) is 46.4 Å². The van der Waals surface area contributed by atoms with E-state index in [0.717, 1.165) is 51.4 Å². The van der Waals surface area contributed by atoms with Gasteiger partial charge in [-0.05, 0) is 136 Å². The Morgan fingerprint density at radius 3 is 1.06 bits per heavy atom. The predicted molar refractivity (Wildman–Crippen MR) is 228 cm³/mol. The predicted octanol–water partition coefficient (Wildman–Crippen LogP) is 9.43. The number of nitrogens with zero attached hydrogens (tertiary/aromatic N) is 10. The number of rotatable bonds is 4. The van der Waals surface area contributed by atoms with Crippen molar-refractivity contribution in [2.45, 2.75) is 144 Å². The van der Waals surface area contributed by atoms with Crippen LogP contribution in [0, 0.1) is 214 Å². The number of hydrogen-bond acceptors (Lipinski definition) is 11. The molecule has 2 aliphatic heterocycles. The molecule has 0 bridgehead atoms. The Labute approximate surface area is 373 Å². The molecule has 320 valence electrons. The third-order valence-electron chi connectivity index (χ3n) is 19.1. The van der Waals surface area contributed by atoms with Crippen LogP contribution in [0.3, 0.4) is 0 Å². The molecular weight excluding hydrogens is 785 g/mol. The molecule has 10 nitrogen and oxygen atoms in total. The second-order valence-corrected chi connectivity index (χ2v) is 22.8. The lowest BCUT2D eigenvalue weighted by atomic mass is 9.44. The molecule has 9 fully saturated rings. The van der Waals surface area contributed by atoms with Crippen LogP contribution in [0.15, 0.2) is 0 Å². The zero-order chi connectivity index (χ0) is 43.2. The van der Waals surface area contributed by atoms with Gasteiger partial charge in [0.1, 0.15) is 0 Å². The maximum atomic E-state index is 11.3. The summed E-state index contributed by atoms with van der Waals surface area (Å²) in [5, 5.41) is 99.1. The molecule has 0 aromatic heterocycles. The molecule has 18 unspecified atom stereocenters. The minimum absolute atomic E-state index is 0.0173. The SMILES string of the molecule is N#CC1CC(C#N)C(C2C3SC4CCCCC4C3C(C3C(C#N)CC(C#N)CC3C#N)C(N3C4CCCCC4C4CCCCC43)C2C2C(C#N)CC(C#N)CC2C#N)C(C#N)C1. The van der Waals surface area contributed by atoms with Crippen molar-refractivity contribution in [3.05, 3.63) is 0 Å². The lowest BCUT2D eigenvalue weighted by molar-refractivity contribution is -0.141. The largest absolute Gasteiger partial charge is 0.293 e. The molecule has 0 N–H and O–H groups in total. The molecule has 0 spiro atoms. The zero-order valence-electron chi connectivity index (χ0n) is 36.0. The summed E-state index contributed by atoms with van der Waals surface area (Å²) in [7, 11) is 0. The Hall–Kier alpha value is -4.28. The monoisotopic (exact) mass is 844 g/mol. The van der Waals surface area contributed by atoms with Crippen molar-refractivity contribution in [3.63, 3.8) is 0 Å². The minimum Gasteiger partial charge on any atom is -0.293 e. The summed E-state index contributed by atoms with van der Waals surface area (Å²) in [5.74, 6) is -4.70. The van der Waals surface area contributed by atoms with Crippen LogP contribution in [0.5, 0.6) is 0 Å². The topological polar surface area (TPSA) is 217 Å². The van der Waals surface area contributed by atoms with E-state index in [1.165, 1.54) is 25.7 Å². The third kappa shape index (κ3) is 6.97. The maximum absolute atomic E-state index is 11.3. The first kappa shape index (κ1) is 43.0. The van der Waals surface area contributed by atoms with Gasteiger partial charge in [-0.15, -0.1) is 0 Å². The molecule has 0 amide bonds. The van der Waals surface area contributed by atoms with E-state index in [4.69, 9.17) is 0 Å². The number of thioether (sulfide) groups is 1. The molecule has 2 heterocycles. The average molecular weight is 845 g/mol. The van der Waals surface area contributed by atoms with E-state index in [2.05, 4.69) is 59.5 Å². The van der Waals surface area contributed by atoms with Crippen molar-refractivity contribution in [1.82, 2.24) is 4.90 Å². The van der Waals surface area contributed by atoms with E-state index in [0.29, 0.717) is 73.6 Å². The summed E-state index contributed by atoms with van der Waals surface area (Å²) in [6.45, 7) is 0. The summed E-state index contributed by atoms with van der Waals surface area (Å²) < 4.78 is 0. The van der Waals surface area contributed by atoms with Gasteiger partial charge >= 0.3 is 0 Å². The molecule has 0 aromatic rings. The standard InChI is InChI=1S/C51H60N10S/c52-19-28-13-31(22-55)43(32(14-28)23-56)47-46-39-9-3-6-12-42(39)62-51(46)49(45-35(26-59)17-30(21-54)18-36(45)27-60)48(44-33(24-57)15-29(20-53)16-34(44)25-58)50(47)61-40-10-4-1-7-37(40)38-8-2-5-11-41(38)61/h28-51H,1-18H2. The highest BCUT2D eigenvalue weighted by atomic mass is 32.2. The molecule has 2 saturated heterocycles. The molecule has 0 radical (unpaired) electrons. The molecule has 9 aliphatic rings. The number of fused-ring (bicyclic) bond motifs is 6. The first-order valence-electron chi connectivity index (χ1n) is 24.4. The second kappa shape index (κ2) is 18.1. The van der Waals surface area contributed by atoms with Crippen molar-refractivity contribution < 1.29 is 0 Å². The minimum atomic E-state index is -0.588. The number of likely N-dealkylation sites (tertiary alicyclic amines) is 1. The van der Waals surface area contributed by atoms with Crippen LogP contribution in [-0.4, -0.2) is 33.5 Å². The van der Waals surface area contributed by atoms with Crippen molar-refractivity contribution in [3.8, 4) is 54.6 Å². The van der Waals surface area contributed by atoms with Gasteiger partial charge in [0.15, 0.2) is 0 Å². The van der Waals surface area contributed by atoms with Gasteiger partial charge in [0.2, 0.25) is 0 Å². The van der Waals surface area contributed by atoms with E-state index in [1.807, 2.05) is 11.8 Å². The summed E-state index contributed by atoms with van der Waals surface area (Å²) in [5.41, 5.74) is 0. The lowest BCUT2D eigenvalue weighted by Gasteiger charge is -2.64. The Kier molecular flexibility index (Phi) is 12.5. The van der Waals surface area contributed by atoms with Gasteiger partial charge in [0.05, 0.1) is 90.1 Å². The average Bonchev–Trinajstić information content (AvgIpc) is 3.88. The quantitative estimate of drug-likeness (QED) is 0.259. The zero-order valence-corrected chi connectivity index (χ0v) is 36.8. The van der Waals surface area contributed by atoms with Crippen LogP contribution in [0.2, 0.25) is 0 Å². The molecule has 7 saturated carbocycles. The van der Waals surface area contributed by atoms with Crippen LogP contribution >= 0.6 is 11.8 Å². The third-order valence-corrected chi connectivity index (χ3v) is 21.0. The molecule has 9 rings (SSSR count). The highest BCUT2D eigenvalue weighted by Crippen LogP contribution is 2.70. The van der Waals surface area contributed by atoms with E-state index < -0.39 is 53.3 Å². The highest BCUT2D eigenvalue weighted by molar-refractivity contribution is 8.00. The lowest BCUT2D eigenvalue weighted by Crippen LogP contribution is -2.68. The Morgan fingerprint density at radius 2 is 0.677 bits per heavy atom. The molecule has 0 aromatic carbocycles. The van der Waals surface area contributed by atoms with Crippen LogP contribution in [0.1, 0.15) is 116 Å². The smallest absolute Gasteiger partial charge is 0.0659 e. The summed E-state index contributed by atoms with van der Waals surface area (Å²) in [4.78, 5) is 2.95. The second-order valence-electron chi connectivity index (χ2n) is 21.4. The van der Waals surface area contributed by atoms with Crippen LogP contribution < -0.4 is 0 Å². The fourth-order valence-electron chi connectivity index (χ4n) is 17.3. The van der Waals surface area contributed by atoms with Gasteiger partial charge in [-0.1, -0.05) is 38.5 Å². The van der Waals surface area contributed by atoms with E-state index in [-0.39, 0.29) is 52.7 Å². The molecule has 18 atom stereocenters. The van der Waals surface area contributed by atoms with Gasteiger partial charge in [-0.2, -0.15) is 59.1 Å². The van der Waals surface area contributed by atoms with Crippen LogP contribution in [0.25, 0.3) is 0 Å². The highest BCUT2D eigenvalue weighted by Gasteiger charge is 2.70. The fourth-order valence-corrected chi connectivity index (χ4v) is 19.6. The summed E-state index contributed by atoms with van der Waals surface area (Å²) in [6.07, 6.45) is 15.9. The number of hydrogen-bond donors (Lipinski definition) is 0. The molecule has 11 heteroatoms. The Balaban J connectivity index is 1.35. The van der Waals surface area contributed by atoms with Crippen molar-refractivity contribution >= 4 is 11.8 Å². The summed E-state index contributed by atoms with van der Waals surface area (Å²) >= 11 is 2.04. The molecule has 62 heavy (non-hydrogen) atoms. The van der Waals surface area contributed by atoms with Crippen molar-refractivity contribution in [2.75, 3.05) is 0 Å². The number of nitriles is 9. The van der Waals surface area contributed by atoms with Gasteiger partial charge in [-0.25, -0.2) is 0 Å². The van der Waals surface area contributed by atoms with E-state index in [1.54, 1.807) is 0 Å². The first-order valence-corrected chi connectivity index (χ1v) is 25.3. The van der Waals surface area contributed by atoms with Crippen molar-refractivity contribution in [1.29, 1.82) is 47.4 Å². The fraction of sp³-hybridized carbons (Fsp3) is 0.824. The maximum Gasteiger partial charge on any atom is 0.0659 e. The van der Waals surface area contributed by atoms with Crippen LogP contribution in [0.4, 0.5) is 0 Å². The van der Waals surface area contributed by atoms with Gasteiger partial charge in [-0.3, -0.25) is 4.90 Å². The normalized spacial score (nSPS) is 50.8. The van der Waals surface area contributed by atoms with Crippen molar-refractivity contribution in [2.24, 2.45) is 112 Å². The van der Waals surface area contributed by atoms with Gasteiger partial charge < -0.3 is 0 Å². The van der Waals surface area contributed by atoms with Gasteiger partial charge in [0.25, 0.3) is 0 Å². The first-order chi connectivity index (χ1) is 30.4. The van der Waals surface area contributed by atoms with E-state index >= 15 is 0 Å². The molecular formula is C51H60N10S. The Bertz CT molecular complexity index is 2000. The Morgan fingerprint density at radius 1 is 0.339 bits per heavy atom. The molecule has 7 aliphatic carbocycles. The summed E-state index contributed by atoms with van der Waals surface area (Å²) in [6, 6.07) is 24.0. The van der Waals surface area contributed by atoms with E-state index in [9.17, 15) is 47.4 Å². The van der Waals surface area contributed by atoms with Crippen LogP contribution in [-0.2, 0) is 0 Å².